The molecule has 0 bridgehead atoms. The first-order valence-corrected chi connectivity index (χ1v) is 8.56. The summed E-state index contributed by atoms with van der Waals surface area (Å²) in [6, 6.07) is 13.6. The number of nitrogens with two attached hydrogens (primary N) is 1. The molecule has 0 amide bonds. The van der Waals surface area contributed by atoms with Gasteiger partial charge in [0.1, 0.15) is 12.4 Å². The summed E-state index contributed by atoms with van der Waals surface area (Å²) in [7, 11) is 0. The maximum Gasteiger partial charge on any atom is 0.189 e. The molecule has 1 aliphatic rings. The summed E-state index contributed by atoms with van der Waals surface area (Å²) in [5.74, 6) is 1.26. The Hall–Kier alpha value is -1.87. The molecular weight excluding hydrogens is 443 g/mol. The fourth-order valence-electron chi connectivity index (χ4n) is 2.59. The van der Waals surface area contributed by atoms with Gasteiger partial charge in [-0.25, -0.2) is 4.99 Å². The summed E-state index contributed by atoms with van der Waals surface area (Å²) in [4.78, 5) is 8.59. The van der Waals surface area contributed by atoms with E-state index in [0.717, 1.165) is 43.0 Å². The fourth-order valence-corrected chi connectivity index (χ4v) is 2.59. The van der Waals surface area contributed by atoms with Crippen LogP contribution in [0.25, 0.3) is 0 Å². The highest BCUT2D eigenvalue weighted by molar-refractivity contribution is 14.0. The van der Waals surface area contributed by atoms with Crippen molar-refractivity contribution in [2.24, 2.45) is 10.7 Å². The zero-order valence-electron chi connectivity index (χ0n) is 14.6. The largest absolute Gasteiger partial charge is 0.487 e. The molecule has 0 saturated carbocycles. The Morgan fingerprint density at radius 1 is 1.27 bits per heavy atom. The van der Waals surface area contributed by atoms with Gasteiger partial charge in [-0.1, -0.05) is 18.2 Å². The van der Waals surface area contributed by atoms with Crippen LogP contribution in [0.4, 0.5) is 0 Å². The molecule has 7 heteroatoms. The second kappa shape index (κ2) is 11.0. The van der Waals surface area contributed by atoms with E-state index in [1.54, 1.807) is 6.20 Å². The third-order valence-electron chi connectivity index (χ3n) is 4.00. The second-order valence-electron chi connectivity index (χ2n) is 5.97. The van der Waals surface area contributed by atoms with Crippen molar-refractivity contribution in [1.29, 1.82) is 0 Å². The summed E-state index contributed by atoms with van der Waals surface area (Å²) in [5.41, 5.74) is 7.87. The first-order chi connectivity index (χ1) is 12.3. The van der Waals surface area contributed by atoms with E-state index < -0.39 is 0 Å². The van der Waals surface area contributed by atoms with Gasteiger partial charge < -0.3 is 20.5 Å². The Balaban J connectivity index is 0.00000243. The topological polar surface area (TPSA) is 81.8 Å². The van der Waals surface area contributed by atoms with Crippen molar-refractivity contribution in [1.82, 2.24) is 10.3 Å². The monoisotopic (exact) mass is 468 g/mol. The van der Waals surface area contributed by atoms with Crippen LogP contribution in [0.3, 0.4) is 0 Å². The molecule has 2 aromatic rings. The lowest BCUT2D eigenvalue weighted by Gasteiger charge is -2.11. The maximum absolute atomic E-state index is 5.89. The van der Waals surface area contributed by atoms with Crippen LogP contribution in [-0.2, 0) is 17.9 Å². The number of hydrogen-bond acceptors (Lipinski definition) is 4. The van der Waals surface area contributed by atoms with Gasteiger partial charge in [-0.3, -0.25) is 4.98 Å². The van der Waals surface area contributed by atoms with Gasteiger partial charge >= 0.3 is 0 Å². The summed E-state index contributed by atoms with van der Waals surface area (Å²) in [5, 5.41) is 3.12. The first-order valence-electron chi connectivity index (χ1n) is 8.56. The van der Waals surface area contributed by atoms with Crippen LogP contribution in [0.15, 0.2) is 53.7 Å². The second-order valence-corrected chi connectivity index (χ2v) is 5.97. The number of aliphatic imine (C=N–C) groups is 1. The smallest absolute Gasteiger partial charge is 0.189 e. The van der Waals surface area contributed by atoms with E-state index in [4.69, 9.17) is 15.2 Å². The van der Waals surface area contributed by atoms with E-state index in [1.807, 2.05) is 42.5 Å². The maximum atomic E-state index is 5.89. The van der Waals surface area contributed by atoms with Crippen LogP contribution < -0.4 is 15.8 Å². The first kappa shape index (κ1) is 20.4. The molecule has 1 unspecified atom stereocenters. The minimum absolute atomic E-state index is 0. The fraction of sp³-hybridized carbons (Fsp3) is 0.368. The molecule has 0 aliphatic carbocycles. The highest BCUT2D eigenvalue weighted by Gasteiger charge is 2.14. The molecule has 2 heterocycles. The van der Waals surface area contributed by atoms with E-state index in [9.17, 15) is 0 Å². The summed E-state index contributed by atoms with van der Waals surface area (Å²) >= 11 is 0. The number of rotatable bonds is 7. The molecule has 26 heavy (non-hydrogen) atoms. The Morgan fingerprint density at radius 2 is 2.12 bits per heavy atom. The van der Waals surface area contributed by atoms with Crippen molar-refractivity contribution >= 4 is 29.9 Å². The lowest BCUT2D eigenvalue weighted by molar-refractivity contribution is 0.114. The van der Waals surface area contributed by atoms with Crippen molar-refractivity contribution in [3.05, 3.63) is 59.9 Å². The number of benzene rings is 1. The molecule has 0 spiro atoms. The molecule has 1 aliphatic heterocycles. The van der Waals surface area contributed by atoms with Crippen molar-refractivity contribution in [2.45, 2.75) is 32.1 Å². The predicted octanol–water partition coefficient (Wildman–Crippen LogP) is 2.86. The van der Waals surface area contributed by atoms with Crippen LogP contribution in [-0.4, -0.2) is 30.2 Å². The summed E-state index contributed by atoms with van der Waals surface area (Å²) < 4.78 is 11.3. The van der Waals surface area contributed by atoms with Gasteiger partial charge in [0.05, 0.1) is 18.3 Å². The molecule has 1 fully saturated rings. The molecule has 3 N–H and O–H groups in total. The Morgan fingerprint density at radius 3 is 2.81 bits per heavy atom. The van der Waals surface area contributed by atoms with Crippen LogP contribution in [0.2, 0.25) is 0 Å². The highest BCUT2D eigenvalue weighted by Crippen LogP contribution is 2.14. The van der Waals surface area contributed by atoms with E-state index in [1.165, 1.54) is 0 Å². The molecule has 1 atom stereocenters. The van der Waals surface area contributed by atoms with Crippen molar-refractivity contribution in [3.8, 4) is 5.75 Å². The Bertz CT molecular complexity index is 674. The van der Waals surface area contributed by atoms with Crippen LogP contribution >= 0.6 is 24.0 Å². The number of halogens is 1. The average molecular weight is 468 g/mol. The van der Waals surface area contributed by atoms with E-state index >= 15 is 0 Å². The normalized spacial score (nSPS) is 16.8. The molecular formula is C19H25IN4O2. The number of pyridine rings is 1. The van der Waals surface area contributed by atoms with Gasteiger partial charge in [-0.2, -0.15) is 0 Å². The van der Waals surface area contributed by atoms with E-state index in [0.29, 0.717) is 19.1 Å². The van der Waals surface area contributed by atoms with E-state index in [-0.39, 0.29) is 30.1 Å². The number of hydrogen-bond donors (Lipinski definition) is 2. The van der Waals surface area contributed by atoms with E-state index in [2.05, 4.69) is 15.3 Å². The number of ether oxygens (including phenoxy) is 2. The molecule has 0 radical (unpaired) electrons. The zero-order chi connectivity index (χ0) is 17.3. The van der Waals surface area contributed by atoms with Gasteiger partial charge in [0.25, 0.3) is 0 Å². The molecule has 1 aromatic carbocycles. The summed E-state index contributed by atoms with van der Waals surface area (Å²) in [6.07, 6.45) is 4.22. The van der Waals surface area contributed by atoms with Gasteiger partial charge in [-0.15, -0.1) is 24.0 Å². The third-order valence-corrected chi connectivity index (χ3v) is 4.00. The van der Waals surface area contributed by atoms with Crippen LogP contribution in [0.1, 0.15) is 24.1 Å². The van der Waals surface area contributed by atoms with Gasteiger partial charge in [0.15, 0.2) is 5.96 Å². The standard InChI is InChI=1S/C19H24N4O2.HI/c20-19(23-13-18-5-3-11-24-18)22-12-15-6-8-17(9-7-15)25-14-16-4-1-2-10-21-16;/h1-2,4,6-10,18H,3,5,11-14H2,(H3,20,22,23);1H. The number of guanidine groups is 1. The van der Waals surface area contributed by atoms with Crippen LogP contribution in [0, 0.1) is 0 Å². The molecule has 1 saturated heterocycles. The van der Waals surface area contributed by atoms with Crippen molar-refractivity contribution < 1.29 is 9.47 Å². The molecule has 1 aromatic heterocycles. The van der Waals surface area contributed by atoms with Crippen molar-refractivity contribution in [2.75, 3.05) is 13.2 Å². The highest BCUT2D eigenvalue weighted by atomic mass is 127. The van der Waals surface area contributed by atoms with Crippen molar-refractivity contribution in [3.63, 3.8) is 0 Å². The molecule has 3 rings (SSSR count). The Kier molecular flexibility index (Phi) is 8.63. The lowest BCUT2D eigenvalue weighted by atomic mass is 10.2. The predicted molar refractivity (Wildman–Crippen MR) is 113 cm³/mol. The number of aromatic nitrogens is 1. The minimum atomic E-state index is 0. The third kappa shape index (κ3) is 6.80. The quantitative estimate of drug-likeness (QED) is 0.371. The van der Waals surface area contributed by atoms with Gasteiger partial charge in [-0.05, 0) is 42.7 Å². The minimum Gasteiger partial charge on any atom is -0.487 e. The van der Waals surface area contributed by atoms with Gasteiger partial charge in [0, 0.05) is 19.3 Å². The SMILES string of the molecule is I.NC(=NCc1ccc(OCc2ccccn2)cc1)NCC1CCCO1. The average Bonchev–Trinajstić information content (AvgIpc) is 3.18. The van der Waals surface area contributed by atoms with Crippen LogP contribution in [0.5, 0.6) is 5.75 Å². The summed E-state index contributed by atoms with van der Waals surface area (Å²) in [6.45, 7) is 2.55. The zero-order valence-corrected chi connectivity index (χ0v) is 17.0. The lowest BCUT2D eigenvalue weighted by Crippen LogP contribution is -2.37. The Labute approximate surface area is 171 Å². The molecule has 6 nitrogen and oxygen atoms in total. The number of nitrogens with zero attached hydrogens (tertiary/aromatic N) is 2. The van der Waals surface area contributed by atoms with Gasteiger partial charge in [0.2, 0.25) is 0 Å². The molecule has 140 valence electrons. The number of nitrogens with one attached hydrogen (secondary N) is 1.